The Morgan fingerprint density at radius 2 is 1.57 bits per heavy atom. The Hall–Kier alpha value is -2.57. The molecule has 1 aromatic heterocycles. The van der Waals surface area contributed by atoms with Gasteiger partial charge in [0.05, 0.1) is 18.8 Å². The molecule has 2 aromatic carbocycles. The summed E-state index contributed by atoms with van der Waals surface area (Å²) < 4.78 is 0. The molecule has 5 nitrogen and oxygen atoms in total. The fraction of sp³-hybridized carbons (Fsp3) is 0.320. The average Bonchev–Trinajstić information content (AvgIpc) is 2.79. The van der Waals surface area contributed by atoms with Crippen LogP contribution in [0.3, 0.4) is 0 Å². The summed E-state index contributed by atoms with van der Waals surface area (Å²) in [7, 11) is 1.97. The van der Waals surface area contributed by atoms with Crippen LogP contribution in [0.2, 0.25) is 0 Å². The van der Waals surface area contributed by atoms with Gasteiger partial charge in [-0.15, -0.1) is 0 Å². The number of aliphatic hydroxyl groups excluding tert-OH is 3. The molecule has 0 amide bonds. The van der Waals surface area contributed by atoms with Crippen LogP contribution in [-0.2, 0) is 13.0 Å². The highest BCUT2D eigenvalue weighted by atomic mass is 16.3. The average molecular weight is 407 g/mol. The van der Waals surface area contributed by atoms with Crippen LogP contribution in [0.1, 0.15) is 34.4 Å². The molecule has 0 aliphatic rings. The molecule has 158 valence electrons. The van der Waals surface area contributed by atoms with Gasteiger partial charge in [-0.05, 0) is 35.9 Å². The smallest absolute Gasteiger partial charge is 0.0883 e. The third-order valence-corrected chi connectivity index (χ3v) is 5.42. The van der Waals surface area contributed by atoms with Crippen molar-refractivity contribution in [2.75, 3.05) is 20.1 Å². The van der Waals surface area contributed by atoms with Crippen molar-refractivity contribution >= 4 is 0 Å². The second-order valence-corrected chi connectivity index (χ2v) is 7.68. The van der Waals surface area contributed by atoms with Gasteiger partial charge in [0.1, 0.15) is 0 Å². The molecule has 3 N–H and O–H groups in total. The van der Waals surface area contributed by atoms with Gasteiger partial charge in [-0.25, -0.2) is 0 Å². The quantitative estimate of drug-likeness (QED) is 0.483. The number of aliphatic hydroxyl groups is 3. The molecule has 0 aliphatic heterocycles. The zero-order valence-electron chi connectivity index (χ0n) is 17.3. The van der Waals surface area contributed by atoms with E-state index in [-0.39, 0.29) is 6.61 Å². The van der Waals surface area contributed by atoms with Crippen LogP contribution in [0, 0.1) is 0 Å². The van der Waals surface area contributed by atoms with Gasteiger partial charge in [-0.3, -0.25) is 4.98 Å². The lowest BCUT2D eigenvalue weighted by molar-refractivity contribution is 0.0340. The van der Waals surface area contributed by atoms with Gasteiger partial charge in [0.15, 0.2) is 0 Å². The molecular weight excluding hydrogens is 376 g/mol. The summed E-state index contributed by atoms with van der Waals surface area (Å²) in [5.41, 5.74) is 3.41. The third-order valence-electron chi connectivity index (χ3n) is 5.42. The van der Waals surface area contributed by atoms with Crippen molar-refractivity contribution in [2.24, 2.45) is 0 Å². The SMILES string of the molecule is CN(CCc1ccccn1)CC(O)C(c1ccccc1)C(O)c1ccc(CO)cc1. The Bertz CT molecular complexity index is 872. The van der Waals surface area contributed by atoms with Gasteiger partial charge in [-0.2, -0.15) is 0 Å². The van der Waals surface area contributed by atoms with Crippen molar-refractivity contribution < 1.29 is 15.3 Å². The maximum atomic E-state index is 11.1. The molecular formula is C25H30N2O3. The molecule has 0 aliphatic carbocycles. The molecule has 0 fully saturated rings. The minimum atomic E-state index is -0.862. The predicted molar refractivity (Wildman–Crippen MR) is 118 cm³/mol. The highest BCUT2D eigenvalue weighted by molar-refractivity contribution is 5.30. The number of hydrogen-bond donors (Lipinski definition) is 3. The first kappa shape index (κ1) is 22.1. The van der Waals surface area contributed by atoms with Gasteiger partial charge in [-0.1, -0.05) is 60.7 Å². The Morgan fingerprint density at radius 3 is 2.20 bits per heavy atom. The van der Waals surface area contributed by atoms with Crippen LogP contribution in [-0.4, -0.2) is 51.4 Å². The number of hydrogen-bond acceptors (Lipinski definition) is 5. The fourth-order valence-corrected chi connectivity index (χ4v) is 3.69. The van der Waals surface area contributed by atoms with Crippen molar-refractivity contribution in [3.05, 3.63) is 101 Å². The Balaban J connectivity index is 1.72. The van der Waals surface area contributed by atoms with E-state index in [0.29, 0.717) is 6.54 Å². The number of nitrogens with zero attached hydrogens (tertiary/aromatic N) is 2. The van der Waals surface area contributed by atoms with Crippen molar-refractivity contribution in [1.82, 2.24) is 9.88 Å². The standard InChI is InChI=1S/C25H30N2O3/c1-27(16-14-22-9-5-6-15-26-22)17-23(29)24(20-7-3-2-4-8-20)25(30)21-12-10-19(18-28)11-13-21/h2-13,15,23-25,28-30H,14,16-18H2,1H3. The molecule has 0 radical (unpaired) electrons. The van der Waals surface area contributed by atoms with Gasteiger partial charge in [0.2, 0.25) is 0 Å². The van der Waals surface area contributed by atoms with Gasteiger partial charge in [0.25, 0.3) is 0 Å². The van der Waals surface area contributed by atoms with E-state index >= 15 is 0 Å². The van der Waals surface area contributed by atoms with E-state index in [1.807, 2.05) is 67.7 Å². The molecule has 30 heavy (non-hydrogen) atoms. The molecule has 3 atom stereocenters. The van der Waals surface area contributed by atoms with Crippen LogP contribution in [0.25, 0.3) is 0 Å². The highest BCUT2D eigenvalue weighted by Crippen LogP contribution is 2.34. The maximum absolute atomic E-state index is 11.1. The summed E-state index contributed by atoms with van der Waals surface area (Å²) >= 11 is 0. The van der Waals surface area contributed by atoms with Crippen LogP contribution < -0.4 is 0 Å². The number of pyridine rings is 1. The summed E-state index contributed by atoms with van der Waals surface area (Å²) in [4.78, 5) is 6.41. The Kier molecular flexibility index (Phi) is 8.11. The first-order valence-electron chi connectivity index (χ1n) is 10.3. The largest absolute Gasteiger partial charge is 0.392 e. The third kappa shape index (κ3) is 5.97. The lowest BCUT2D eigenvalue weighted by Crippen LogP contribution is -2.36. The highest BCUT2D eigenvalue weighted by Gasteiger charge is 2.30. The maximum Gasteiger partial charge on any atom is 0.0883 e. The second-order valence-electron chi connectivity index (χ2n) is 7.68. The molecule has 0 spiro atoms. The van der Waals surface area contributed by atoms with Crippen molar-refractivity contribution in [3.8, 4) is 0 Å². The fourth-order valence-electron chi connectivity index (χ4n) is 3.69. The van der Waals surface area contributed by atoms with Crippen LogP contribution >= 0.6 is 0 Å². The number of rotatable bonds is 10. The molecule has 3 aromatic rings. The monoisotopic (exact) mass is 406 g/mol. The second kappa shape index (κ2) is 11.0. The van der Waals surface area contributed by atoms with E-state index in [1.165, 1.54) is 0 Å². The summed E-state index contributed by atoms with van der Waals surface area (Å²) in [6.07, 6.45) is 0.965. The molecule has 3 unspecified atom stereocenters. The van der Waals surface area contributed by atoms with E-state index in [2.05, 4.69) is 9.88 Å². The first-order valence-corrected chi connectivity index (χ1v) is 10.3. The molecule has 5 heteroatoms. The van der Waals surface area contributed by atoms with Crippen molar-refractivity contribution in [1.29, 1.82) is 0 Å². The minimum absolute atomic E-state index is 0.0395. The van der Waals surface area contributed by atoms with E-state index in [1.54, 1.807) is 18.3 Å². The number of likely N-dealkylation sites (N-methyl/N-ethyl adjacent to an activating group) is 1. The molecule has 0 saturated carbocycles. The summed E-state index contributed by atoms with van der Waals surface area (Å²) in [5.74, 6) is -0.469. The lowest BCUT2D eigenvalue weighted by Gasteiger charge is -2.31. The molecule has 0 saturated heterocycles. The summed E-state index contributed by atoms with van der Waals surface area (Å²) in [5, 5.41) is 31.5. The van der Waals surface area contributed by atoms with Crippen LogP contribution in [0.15, 0.2) is 79.0 Å². The normalized spacial score (nSPS) is 14.4. The molecule has 0 bridgehead atoms. The molecule has 3 rings (SSSR count). The summed E-state index contributed by atoms with van der Waals surface area (Å²) in [6.45, 7) is 1.15. The van der Waals surface area contributed by atoms with Crippen molar-refractivity contribution in [3.63, 3.8) is 0 Å². The first-order chi connectivity index (χ1) is 14.6. The van der Waals surface area contributed by atoms with E-state index < -0.39 is 18.1 Å². The van der Waals surface area contributed by atoms with E-state index in [9.17, 15) is 15.3 Å². The minimum Gasteiger partial charge on any atom is -0.392 e. The van der Waals surface area contributed by atoms with E-state index in [0.717, 1.165) is 35.3 Å². The topological polar surface area (TPSA) is 76.8 Å². The van der Waals surface area contributed by atoms with Gasteiger partial charge < -0.3 is 20.2 Å². The van der Waals surface area contributed by atoms with Gasteiger partial charge >= 0.3 is 0 Å². The zero-order valence-corrected chi connectivity index (χ0v) is 17.3. The van der Waals surface area contributed by atoms with Gasteiger partial charge in [0, 0.05) is 37.3 Å². The number of benzene rings is 2. The lowest BCUT2D eigenvalue weighted by atomic mass is 9.84. The summed E-state index contributed by atoms with van der Waals surface area (Å²) in [6, 6.07) is 22.7. The number of aromatic nitrogens is 1. The zero-order chi connectivity index (χ0) is 21.3. The predicted octanol–water partition coefficient (Wildman–Crippen LogP) is 2.93. The van der Waals surface area contributed by atoms with Crippen LogP contribution in [0.4, 0.5) is 0 Å². The van der Waals surface area contributed by atoms with E-state index in [4.69, 9.17) is 0 Å². The van der Waals surface area contributed by atoms with Crippen molar-refractivity contribution in [2.45, 2.75) is 31.2 Å². The Labute approximate surface area is 178 Å². The Morgan fingerprint density at radius 1 is 0.867 bits per heavy atom. The molecule has 1 heterocycles. The van der Waals surface area contributed by atoms with Crippen LogP contribution in [0.5, 0.6) is 0 Å².